The van der Waals surface area contributed by atoms with E-state index >= 15 is 0 Å². The van der Waals surface area contributed by atoms with Gasteiger partial charge in [0.25, 0.3) is 0 Å². The quantitative estimate of drug-likeness (QED) is 0.637. The molecule has 2 aliphatic heterocycles. The summed E-state index contributed by atoms with van der Waals surface area (Å²) in [5.41, 5.74) is 2.43. The van der Waals surface area contributed by atoms with Crippen LogP contribution in [0.25, 0.3) is 11.8 Å². The van der Waals surface area contributed by atoms with Gasteiger partial charge >= 0.3 is 6.18 Å². The average molecular weight is 412 g/mol. The minimum atomic E-state index is -4.45. The van der Waals surface area contributed by atoms with Crippen molar-refractivity contribution >= 4 is 17.7 Å². The lowest BCUT2D eigenvalue weighted by atomic mass is 9.81. The summed E-state index contributed by atoms with van der Waals surface area (Å²) >= 11 is 0. The monoisotopic (exact) mass is 412 g/mol. The molecule has 0 aliphatic carbocycles. The van der Waals surface area contributed by atoms with Crippen LogP contribution >= 0.6 is 0 Å². The fourth-order valence-corrected chi connectivity index (χ4v) is 4.63. The second-order valence-electron chi connectivity index (χ2n) is 7.83. The Labute approximate surface area is 174 Å². The highest BCUT2D eigenvalue weighted by atomic mass is 19.4. The second-order valence-corrected chi connectivity index (χ2v) is 7.83. The summed E-state index contributed by atoms with van der Waals surface area (Å²) in [5.74, 6) is -0.269. The summed E-state index contributed by atoms with van der Waals surface area (Å²) in [4.78, 5) is 16.6. The first-order chi connectivity index (χ1) is 14.2. The van der Waals surface area contributed by atoms with Crippen LogP contribution in [-0.4, -0.2) is 35.8 Å². The van der Waals surface area contributed by atoms with Crippen molar-refractivity contribution in [1.29, 1.82) is 0 Å². The van der Waals surface area contributed by atoms with Crippen molar-refractivity contribution in [2.24, 2.45) is 0 Å². The van der Waals surface area contributed by atoms with Crippen molar-refractivity contribution < 1.29 is 18.0 Å². The summed E-state index contributed by atoms with van der Waals surface area (Å²) < 4.78 is 39.4. The number of likely N-dealkylation sites (tertiary alicyclic amines) is 1. The third-order valence-electron chi connectivity index (χ3n) is 6.36. The number of amides is 1. The standard InChI is InChI=1S/C24H23F3N2O/c1-17-19-8-4-6-10-21(19)23(28(17)2)13-15-29(16-14-23)22(30)12-11-18-7-3-5-9-20(18)24(25,26)27/h3-12H,1,13-16H2,2H3/b12-11+. The van der Waals surface area contributed by atoms with E-state index in [1.54, 1.807) is 4.90 Å². The van der Waals surface area contributed by atoms with Crippen LogP contribution in [0, 0.1) is 0 Å². The lowest BCUT2D eigenvalue weighted by molar-refractivity contribution is -0.137. The maximum absolute atomic E-state index is 13.1. The molecular formula is C24H23F3N2O. The van der Waals surface area contributed by atoms with E-state index in [-0.39, 0.29) is 17.0 Å². The summed E-state index contributed by atoms with van der Waals surface area (Å²) in [6.07, 6.45) is -0.455. The second kappa shape index (κ2) is 7.35. The number of nitrogens with zero attached hydrogens (tertiary/aromatic N) is 2. The molecule has 1 spiro atoms. The highest BCUT2D eigenvalue weighted by Crippen LogP contribution is 2.49. The Balaban J connectivity index is 1.49. The Bertz CT molecular complexity index is 1020. The average Bonchev–Trinajstić information content (AvgIpc) is 2.94. The SMILES string of the molecule is C=C1c2ccccc2C2(CCN(C(=O)/C=C/c3ccccc3C(F)(F)F)CC2)N1C. The third kappa shape index (κ3) is 3.30. The normalized spacial score (nSPS) is 18.3. The molecule has 0 atom stereocenters. The van der Waals surface area contributed by atoms with Crippen LogP contribution < -0.4 is 0 Å². The van der Waals surface area contributed by atoms with Crippen molar-refractivity contribution in [1.82, 2.24) is 9.80 Å². The molecule has 0 bridgehead atoms. The van der Waals surface area contributed by atoms with Crippen molar-refractivity contribution in [3.8, 4) is 0 Å². The van der Waals surface area contributed by atoms with Gasteiger partial charge in [-0.2, -0.15) is 13.2 Å². The highest BCUT2D eigenvalue weighted by molar-refractivity contribution is 5.92. The molecule has 1 saturated heterocycles. The van der Waals surface area contributed by atoms with Crippen LogP contribution in [0.15, 0.2) is 61.2 Å². The number of fused-ring (bicyclic) bond motifs is 2. The summed E-state index contributed by atoms with van der Waals surface area (Å²) in [5, 5.41) is 0. The topological polar surface area (TPSA) is 23.6 Å². The number of carbonyl (C=O) groups excluding carboxylic acids is 1. The number of rotatable bonds is 2. The molecule has 0 unspecified atom stereocenters. The summed E-state index contributed by atoms with van der Waals surface area (Å²) in [7, 11) is 2.04. The van der Waals surface area contributed by atoms with Gasteiger partial charge in [0.15, 0.2) is 0 Å². The Hall–Kier alpha value is -3.02. The molecule has 2 aromatic carbocycles. The molecule has 6 heteroatoms. The van der Waals surface area contributed by atoms with Crippen molar-refractivity contribution in [2.75, 3.05) is 20.1 Å². The van der Waals surface area contributed by atoms with E-state index in [2.05, 4.69) is 23.6 Å². The first-order valence-corrected chi connectivity index (χ1v) is 9.90. The van der Waals surface area contributed by atoms with Crippen molar-refractivity contribution in [3.63, 3.8) is 0 Å². The van der Waals surface area contributed by atoms with Gasteiger partial charge in [0.2, 0.25) is 5.91 Å². The molecule has 2 aliphatic rings. The molecule has 0 aromatic heterocycles. The number of halogens is 3. The zero-order valence-corrected chi connectivity index (χ0v) is 16.7. The third-order valence-corrected chi connectivity index (χ3v) is 6.36. The van der Waals surface area contributed by atoms with Gasteiger partial charge in [0.1, 0.15) is 0 Å². The van der Waals surface area contributed by atoms with E-state index in [0.717, 1.165) is 30.2 Å². The first kappa shape index (κ1) is 20.3. The van der Waals surface area contributed by atoms with Crippen molar-refractivity contribution in [3.05, 3.63) is 83.4 Å². The molecule has 0 N–H and O–H groups in total. The van der Waals surface area contributed by atoms with Crippen LogP contribution in [0.4, 0.5) is 13.2 Å². The van der Waals surface area contributed by atoms with Gasteiger partial charge in [0, 0.05) is 37.5 Å². The van der Waals surface area contributed by atoms with Gasteiger partial charge in [-0.15, -0.1) is 0 Å². The van der Waals surface area contributed by atoms with Crippen LogP contribution in [0.1, 0.15) is 35.1 Å². The zero-order valence-electron chi connectivity index (χ0n) is 16.7. The predicted octanol–water partition coefficient (Wildman–Crippen LogP) is 5.15. The number of benzene rings is 2. The Kier molecular flexibility index (Phi) is 4.96. The van der Waals surface area contributed by atoms with E-state index in [1.807, 2.05) is 19.2 Å². The van der Waals surface area contributed by atoms with E-state index in [1.165, 1.54) is 35.9 Å². The molecule has 3 nitrogen and oxygen atoms in total. The van der Waals surface area contributed by atoms with Crippen LogP contribution in [0.2, 0.25) is 0 Å². The number of hydrogen-bond donors (Lipinski definition) is 0. The highest BCUT2D eigenvalue weighted by Gasteiger charge is 2.46. The zero-order chi connectivity index (χ0) is 21.5. The molecule has 1 fully saturated rings. The molecule has 0 radical (unpaired) electrons. The maximum atomic E-state index is 13.1. The van der Waals surface area contributed by atoms with Gasteiger partial charge in [-0.1, -0.05) is 49.0 Å². The molecule has 30 heavy (non-hydrogen) atoms. The smallest absolute Gasteiger partial charge is 0.365 e. The van der Waals surface area contributed by atoms with Crippen LogP contribution in [-0.2, 0) is 16.5 Å². The first-order valence-electron chi connectivity index (χ1n) is 9.90. The van der Waals surface area contributed by atoms with E-state index in [4.69, 9.17) is 0 Å². The minimum Gasteiger partial charge on any atom is -0.365 e. The summed E-state index contributed by atoms with van der Waals surface area (Å²) in [6.45, 7) is 5.29. The van der Waals surface area contributed by atoms with Crippen LogP contribution in [0.3, 0.4) is 0 Å². The Morgan fingerprint density at radius 3 is 2.40 bits per heavy atom. The number of hydrogen-bond acceptors (Lipinski definition) is 2. The Morgan fingerprint density at radius 1 is 1.07 bits per heavy atom. The number of carbonyl (C=O) groups is 1. The van der Waals surface area contributed by atoms with Gasteiger partial charge in [-0.25, -0.2) is 0 Å². The molecule has 156 valence electrons. The molecule has 1 amide bonds. The van der Waals surface area contributed by atoms with Gasteiger partial charge in [-0.3, -0.25) is 4.79 Å². The van der Waals surface area contributed by atoms with Gasteiger partial charge in [0.05, 0.1) is 11.1 Å². The fraction of sp³-hybridized carbons (Fsp3) is 0.292. The van der Waals surface area contributed by atoms with Gasteiger partial charge in [-0.05, 0) is 36.1 Å². The van der Waals surface area contributed by atoms with Gasteiger partial charge < -0.3 is 9.80 Å². The minimum absolute atomic E-state index is 0.00687. The van der Waals surface area contributed by atoms with E-state index in [9.17, 15) is 18.0 Å². The molecule has 2 aromatic rings. The van der Waals surface area contributed by atoms with Crippen LogP contribution in [0.5, 0.6) is 0 Å². The fourth-order valence-electron chi connectivity index (χ4n) is 4.63. The predicted molar refractivity (Wildman–Crippen MR) is 111 cm³/mol. The Morgan fingerprint density at radius 2 is 1.70 bits per heavy atom. The van der Waals surface area contributed by atoms with Crippen molar-refractivity contribution in [2.45, 2.75) is 24.6 Å². The van der Waals surface area contributed by atoms with E-state index in [0.29, 0.717) is 13.1 Å². The lowest BCUT2D eigenvalue weighted by Crippen LogP contribution is -2.49. The number of piperidine rings is 1. The van der Waals surface area contributed by atoms with E-state index < -0.39 is 11.7 Å². The lowest BCUT2D eigenvalue weighted by Gasteiger charge is -2.45. The number of alkyl halides is 3. The molecule has 0 saturated carbocycles. The molecule has 4 rings (SSSR count). The maximum Gasteiger partial charge on any atom is 0.416 e. The molecule has 2 heterocycles. The summed E-state index contributed by atoms with van der Waals surface area (Å²) in [6, 6.07) is 13.5. The molecular weight excluding hydrogens is 389 g/mol. The largest absolute Gasteiger partial charge is 0.416 e.